The van der Waals surface area contributed by atoms with E-state index in [1.807, 2.05) is 0 Å². The molecular formula is C14H16Cl2N2O. The van der Waals surface area contributed by atoms with E-state index in [-0.39, 0.29) is 5.91 Å². The van der Waals surface area contributed by atoms with Crippen molar-refractivity contribution < 1.29 is 4.79 Å². The van der Waals surface area contributed by atoms with Gasteiger partial charge < -0.3 is 0 Å². The van der Waals surface area contributed by atoms with Crippen molar-refractivity contribution in [2.75, 3.05) is 0 Å². The van der Waals surface area contributed by atoms with Crippen molar-refractivity contribution in [1.82, 2.24) is 5.43 Å². The van der Waals surface area contributed by atoms with E-state index in [9.17, 15) is 4.79 Å². The highest BCUT2D eigenvalue weighted by atomic mass is 35.5. The molecule has 0 bridgehead atoms. The van der Waals surface area contributed by atoms with Crippen LogP contribution in [0.2, 0.25) is 10.0 Å². The van der Waals surface area contributed by atoms with Crippen LogP contribution in [0.5, 0.6) is 0 Å². The van der Waals surface area contributed by atoms with Crippen LogP contribution in [0.1, 0.15) is 48.9 Å². The lowest BCUT2D eigenvalue weighted by molar-refractivity contribution is 0.0955. The molecule has 0 heterocycles. The van der Waals surface area contributed by atoms with Crippen LogP contribution < -0.4 is 5.43 Å². The number of hydrogen-bond donors (Lipinski definition) is 1. The number of carbonyl (C=O) groups is 1. The Labute approximate surface area is 123 Å². The Morgan fingerprint density at radius 2 is 1.79 bits per heavy atom. The molecule has 1 amide bonds. The van der Waals surface area contributed by atoms with Crippen LogP contribution in [0, 0.1) is 0 Å². The normalized spacial score (nSPS) is 15.8. The molecule has 0 spiro atoms. The first-order valence-corrected chi connectivity index (χ1v) is 7.23. The standard InChI is InChI=1S/C14H16Cl2N2O/c15-10-7-8-13(16)12(9-10)14(19)18-17-11-5-3-1-2-4-6-11/h7-9H,1-6H2,(H,18,19). The van der Waals surface area contributed by atoms with Crippen molar-refractivity contribution in [2.24, 2.45) is 5.10 Å². The molecule has 0 aliphatic heterocycles. The number of carbonyl (C=O) groups excluding carboxylic acids is 1. The summed E-state index contributed by atoms with van der Waals surface area (Å²) in [4.78, 5) is 12.0. The monoisotopic (exact) mass is 298 g/mol. The van der Waals surface area contributed by atoms with Gasteiger partial charge in [0.15, 0.2) is 0 Å². The third kappa shape index (κ3) is 4.22. The largest absolute Gasteiger partial charge is 0.272 e. The Bertz CT molecular complexity index is 490. The number of benzene rings is 1. The van der Waals surface area contributed by atoms with Gasteiger partial charge in [0.2, 0.25) is 0 Å². The Kier molecular flexibility index (Phi) is 5.23. The number of hydrogen-bond acceptors (Lipinski definition) is 2. The molecule has 19 heavy (non-hydrogen) atoms. The summed E-state index contributed by atoms with van der Waals surface area (Å²) in [6.45, 7) is 0. The minimum atomic E-state index is -0.316. The van der Waals surface area contributed by atoms with Crippen LogP contribution >= 0.6 is 23.2 Å². The van der Waals surface area contributed by atoms with Gasteiger partial charge in [-0.15, -0.1) is 0 Å². The molecule has 0 saturated heterocycles. The van der Waals surface area contributed by atoms with Gasteiger partial charge in [-0.05, 0) is 43.9 Å². The van der Waals surface area contributed by atoms with E-state index in [1.165, 1.54) is 12.8 Å². The minimum Gasteiger partial charge on any atom is -0.267 e. The number of halogens is 2. The van der Waals surface area contributed by atoms with Crippen molar-refractivity contribution in [2.45, 2.75) is 38.5 Å². The molecule has 1 aliphatic rings. The highest BCUT2D eigenvalue weighted by molar-refractivity contribution is 6.35. The van der Waals surface area contributed by atoms with Crippen molar-refractivity contribution in [3.63, 3.8) is 0 Å². The number of nitrogens with zero attached hydrogens (tertiary/aromatic N) is 1. The molecule has 5 heteroatoms. The lowest BCUT2D eigenvalue weighted by atomic mass is 10.2. The number of rotatable bonds is 2. The summed E-state index contributed by atoms with van der Waals surface area (Å²) in [6, 6.07) is 4.81. The van der Waals surface area contributed by atoms with Gasteiger partial charge >= 0.3 is 0 Å². The summed E-state index contributed by atoms with van der Waals surface area (Å²) in [6.07, 6.45) is 6.70. The SMILES string of the molecule is O=C(NN=C1CCCCCC1)c1cc(Cl)ccc1Cl. The van der Waals surface area contributed by atoms with E-state index in [0.717, 1.165) is 31.4 Å². The van der Waals surface area contributed by atoms with Crippen molar-refractivity contribution in [3.8, 4) is 0 Å². The zero-order valence-corrected chi connectivity index (χ0v) is 12.1. The number of hydrazone groups is 1. The Hall–Kier alpha value is -1.06. The Morgan fingerprint density at radius 1 is 1.11 bits per heavy atom. The molecule has 0 radical (unpaired) electrons. The molecular weight excluding hydrogens is 283 g/mol. The zero-order chi connectivity index (χ0) is 13.7. The average molecular weight is 299 g/mol. The van der Waals surface area contributed by atoms with E-state index < -0.39 is 0 Å². The van der Waals surface area contributed by atoms with E-state index >= 15 is 0 Å². The molecule has 1 aromatic rings. The molecule has 1 aliphatic carbocycles. The van der Waals surface area contributed by atoms with Gasteiger partial charge in [0.25, 0.3) is 5.91 Å². The molecule has 1 saturated carbocycles. The third-order valence-corrected chi connectivity index (χ3v) is 3.73. The fourth-order valence-electron chi connectivity index (χ4n) is 2.11. The van der Waals surface area contributed by atoms with E-state index in [0.29, 0.717) is 15.6 Å². The molecule has 3 nitrogen and oxygen atoms in total. The van der Waals surface area contributed by atoms with Crippen LogP contribution in [0.25, 0.3) is 0 Å². The van der Waals surface area contributed by atoms with Gasteiger partial charge in [-0.2, -0.15) is 5.10 Å². The maximum absolute atomic E-state index is 12.0. The lowest BCUT2D eigenvalue weighted by Gasteiger charge is -2.05. The second-order valence-corrected chi connectivity index (χ2v) is 5.50. The third-order valence-electron chi connectivity index (χ3n) is 3.17. The molecule has 1 fully saturated rings. The van der Waals surface area contributed by atoms with Crippen molar-refractivity contribution in [3.05, 3.63) is 33.8 Å². The molecule has 2 rings (SSSR count). The van der Waals surface area contributed by atoms with Crippen molar-refractivity contribution >= 4 is 34.8 Å². The second-order valence-electron chi connectivity index (χ2n) is 4.66. The van der Waals surface area contributed by atoms with E-state index in [4.69, 9.17) is 23.2 Å². The average Bonchev–Trinajstić information content (AvgIpc) is 2.67. The summed E-state index contributed by atoms with van der Waals surface area (Å²) in [5.41, 5.74) is 3.98. The van der Waals surface area contributed by atoms with Crippen molar-refractivity contribution in [1.29, 1.82) is 0 Å². The maximum atomic E-state index is 12.0. The Morgan fingerprint density at radius 3 is 2.47 bits per heavy atom. The molecule has 1 N–H and O–H groups in total. The topological polar surface area (TPSA) is 41.5 Å². The second kappa shape index (κ2) is 6.92. The fraction of sp³-hybridized carbons (Fsp3) is 0.429. The summed E-state index contributed by atoms with van der Waals surface area (Å²) in [5.74, 6) is -0.316. The predicted molar refractivity (Wildman–Crippen MR) is 79.1 cm³/mol. The molecule has 0 aromatic heterocycles. The first kappa shape index (κ1) is 14.4. The summed E-state index contributed by atoms with van der Waals surface area (Å²) >= 11 is 11.8. The minimum absolute atomic E-state index is 0.316. The zero-order valence-electron chi connectivity index (χ0n) is 10.6. The lowest BCUT2D eigenvalue weighted by Crippen LogP contribution is -2.20. The summed E-state index contributed by atoms with van der Waals surface area (Å²) in [7, 11) is 0. The first-order valence-electron chi connectivity index (χ1n) is 6.47. The summed E-state index contributed by atoms with van der Waals surface area (Å²) in [5, 5.41) is 5.07. The highest BCUT2D eigenvalue weighted by Gasteiger charge is 2.11. The summed E-state index contributed by atoms with van der Waals surface area (Å²) < 4.78 is 0. The smallest absolute Gasteiger partial charge is 0.267 e. The van der Waals surface area contributed by atoms with Crippen LogP contribution in [0.15, 0.2) is 23.3 Å². The molecule has 1 aromatic carbocycles. The van der Waals surface area contributed by atoms with Gasteiger partial charge in [0, 0.05) is 10.7 Å². The van der Waals surface area contributed by atoms with Crippen LogP contribution in [-0.2, 0) is 0 Å². The number of amides is 1. The first-order chi connectivity index (χ1) is 9.16. The maximum Gasteiger partial charge on any atom is 0.272 e. The molecule has 0 unspecified atom stereocenters. The quantitative estimate of drug-likeness (QED) is 0.637. The molecule has 102 valence electrons. The fourth-order valence-corrected chi connectivity index (χ4v) is 2.49. The van der Waals surface area contributed by atoms with Gasteiger partial charge in [-0.3, -0.25) is 4.79 Å². The van der Waals surface area contributed by atoms with Gasteiger partial charge in [-0.1, -0.05) is 36.0 Å². The highest BCUT2D eigenvalue weighted by Crippen LogP contribution is 2.20. The van der Waals surface area contributed by atoms with Gasteiger partial charge in [0.1, 0.15) is 0 Å². The molecule has 0 atom stereocenters. The van der Waals surface area contributed by atoms with E-state index in [2.05, 4.69) is 10.5 Å². The van der Waals surface area contributed by atoms with Crippen LogP contribution in [0.3, 0.4) is 0 Å². The Balaban J connectivity index is 2.04. The van der Waals surface area contributed by atoms with E-state index in [1.54, 1.807) is 18.2 Å². The van der Waals surface area contributed by atoms with Crippen LogP contribution in [-0.4, -0.2) is 11.6 Å². The predicted octanol–water partition coefficient (Wildman–Crippen LogP) is 4.43. The van der Waals surface area contributed by atoms with Gasteiger partial charge in [-0.25, -0.2) is 5.43 Å². The number of nitrogens with one attached hydrogen (secondary N) is 1. The van der Waals surface area contributed by atoms with Crippen LogP contribution in [0.4, 0.5) is 0 Å². The van der Waals surface area contributed by atoms with Gasteiger partial charge in [0.05, 0.1) is 10.6 Å².